The highest BCUT2D eigenvalue weighted by Crippen LogP contribution is 2.25. The van der Waals surface area contributed by atoms with Gasteiger partial charge in [0.05, 0.1) is 27.6 Å². The maximum Gasteiger partial charge on any atom is 0.254 e. The number of anilines is 1. The molecule has 1 amide bonds. The zero-order valence-electron chi connectivity index (χ0n) is 12.2. The Kier molecular flexibility index (Phi) is 4.99. The monoisotopic (exact) mass is 379 g/mol. The fourth-order valence-corrected chi connectivity index (χ4v) is 3.19. The van der Waals surface area contributed by atoms with E-state index in [1.165, 1.54) is 34.4 Å². The molecule has 0 radical (unpaired) electrons. The highest BCUT2D eigenvalue weighted by molar-refractivity contribution is 7.13. The Morgan fingerprint density at radius 1 is 1.25 bits per heavy atom. The van der Waals surface area contributed by atoms with E-state index in [2.05, 4.69) is 10.3 Å². The standard InChI is InChI=1S/C16H11Cl2N3O2S/c17-10-3-4-12(11(18)6-10)20-15(22)8-21-9-19-13(7-16(21)23)14-2-1-5-24-14/h1-7,9H,8H2,(H,20,22). The van der Waals surface area contributed by atoms with Gasteiger partial charge >= 0.3 is 0 Å². The van der Waals surface area contributed by atoms with Gasteiger partial charge in [-0.25, -0.2) is 4.98 Å². The van der Waals surface area contributed by atoms with Crippen LogP contribution in [-0.2, 0) is 11.3 Å². The van der Waals surface area contributed by atoms with E-state index in [0.29, 0.717) is 21.4 Å². The van der Waals surface area contributed by atoms with Crippen molar-refractivity contribution in [2.75, 3.05) is 5.32 Å². The fourth-order valence-electron chi connectivity index (χ4n) is 2.04. The molecule has 0 saturated carbocycles. The lowest BCUT2D eigenvalue weighted by Gasteiger charge is -2.09. The zero-order chi connectivity index (χ0) is 17.1. The number of benzene rings is 1. The third-order valence-electron chi connectivity index (χ3n) is 3.17. The lowest BCUT2D eigenvalue weighted by molar-refractivity contribution is -0.116. The van der Waals surface area contributed by atoms with Crippen molar-refractivity contribution in [1.82, 2.24) is 9.55 Å². The number of hydrogen-bond acceptors (Lipinski definition) is 4. The van der Waals surface area contributed by atoms with Crippen LogP contribution in [0.4, 0.5) is 5.69 Å². The molecule has 1 N–H and O–H groups in total. The van der Waals surface area contributed by atoms with Gasteiger partial charge < -0.3 is 5.32 Å². The van der Waals surface area contributed by atoms with E-state index in [0.717, 1.165) is 4.88 Å². The van der Waals surface area contributed by atoms with Crippen molar-refractivity contribution in [3.63, 3.8) is 0 Å². The van der Waals surface area contributed by atoms with E-state index < -0.39 is 0 Å². The second kappa shape index (κ2) is 7.17. The summed E-state index contributed by atoms with van der Waals surface area (Å²) in [5.41, 5.74) is 0.723. The van der Waals surface area contributed by atoms with Gasteiger partial charge in [-0.05, 0) is 29.6 Å². The first kappa shape index (κ1) is 16.7. The highest BCUT2D eigenvalue weighted by Gasteiger charge is 2.10. The van der Waals surface area contributed by atoms with Gasteiger partial charge in [0.15, 0.2) is 0 Å². The second-order valence-electron chi connectivity index (χ2n) is 4.89. The first-order valence-electron chi connectivity index (χ1n) is 6.88. The Hall–Kier alpha value is -2.15. The van der Waals surface area contributed by atoms with Gasteiger partial charge in [0.25, 0.3) is 5.56 Å². The van der Waals surface area contributed by atoms with Crippen LogP contribution in [0.3, 0.4) is 0 Å². The Bertz CT molecular complexity index is 939. The number of nitrogens with one attached hydrogen (secondary N) is 1. The van der Waals surface area contributed by atoms with Crippen molar-refractivity contribution in [3.8, 4) is 10.6 Å². The summed E-state index contributed by atoms with van der Waals surface area (Å²) < 4.78 is 1.23. The topological polar surface area (TPSA) is 64.0 Å². The first-order valence-corrected chi connectivity index (χ1v) is 8.52. The van der Waals surface area contributed by atoms with Crippen molar-refractivity contribution >= 4 is 46.1 Å². The molecule has 0 aliphatic heterocycles. The van der Waals surface area contributed by atoms with E-state index in [4.69, 9.17) is 23.2 Å². The summed E-state index contributed by atoms with van der Waals surface area (Å²) in [6, 6.07) is 9.93. The van der Waals surface area contributed by atoms with Crippen LogP contribution in [0.2, 0.25) is 10.0 Å². The summed E-state index contributed by atoms with van der Waals surface area (Å²) in [5, 5.41) is 5.35. The van der Waals surface area contributed by atoms with Crippen molar-refractivity contribution in [1.29, 1.82) is 0 Å². The highest BCUT2D eigenvalue weighted by atomic mass is 35.5. The van der Waals surface area contributed by atoms with E-state index >= 15 is 0 Å². The fraction of sp³-hybridized carbons (Fsp3) is 0.0625. The van der Waals surface area contributed by atoms with E-state index in [1.54, 1.807) is 12.1 Å². The number of halogens is 2. The molecule has 0 fully saturated rings. The number of nitrogens with zero attached hydrogens (tertiary/aromatic N) is 2. The van der Waals surface area contributed by atoms with Gasteiger partial charge in [-0.15, -0.1) is 11.3 Å². The molecule has 0 atom stereocenters. The maximum absolute atomic E-state index is 12.1. The summed E-state index contributed by atoms with van der Waals surface area (Å²) in [7, 11) is 0. The van der Waals surface area contributed by atoms with E-state index in [9.17, 15) is 9.59 Å². The van der Waals surface area contributed by atoms with Gasteiger partial charge in [-0.3, -0.25) is 14.2 Å². The number of carbonyl (C=O) groups excluding carboxylic acids is 1. The first-order chi connectivity index (χ1) is 11.5. The number of rotatable bonds is 4. The van der Waals surface area contributed by atoms with Crippen molar-refractivity contribution in [3.05, 3.63) is 68.5 Å². The van der Waals surface area contributed by atoms with E-state index in [-0.39, 0.29) is 18.0 Å². The predicted octanol–water partition coefficient (Wildman–Crippen LogP) is 3.92. The molecule has 0 aliphatic carbocycles. The van der Waals surface area contributed by atoms with Gasteiger partial charge in [-0.2, -0.15) is 0 Å². The average Bonchev–Trinajstić information content (AvgIpc) is 3.06. The molecule has 1 aromatic carbocycles. The molecule has 0 saturated heterocycles. The maximum atomic E-state index is 12.1. The Labute approximate surface area is 151 Å². The molecule has 3 aromatic rings. The van der Waals surface area contributed by atoms with Crippen LogP contribution >= 0.6 is 34.5 Å². The minimum absolute atomic E-state index is 0.157. The molecule has 0 aliphatic rings. The van der Waals surface area contributed by atoms with Crippen LogP contribution in [0, 0.1) is 0 Å². The lowest BCUT2D eigenvalue weighted by atomic mass is 10.3. The number of amides is 1. The number of hydrogen-bond donors (Lipinski definition) is 1. The minimum Gasteiger partial charge on any atom is -0.323 e. The molecule has 0 spiro atoms. The summed E-state index contributed by atoms with van der Waals surface area (Å²) >= 11 is 13.3. The minimum atomic E-state index is -0.382. The summed E-state index contributed by atoms with van der Waals surface area (Å²) in [5.74, 6) is -0.382. The quantitative estimate of drug-likeness (QED) is 0.746. The number of thiophene rings is 1. The third kappa shape index (κ3) is 3.84. The Morgan fingerprint density at radius 3 is 2.75 bits per heavy atom. The van der Waals surface area contributed by atoms with Gasteiger partial charge in [0.2, 0.25) is 5.91 Å². The number of carbonyl (C=O) groups is 1. The normalized spacial score (nSPS) is 10.6. The third-order valence-corrected chi connectivity index (χ3v) is 4.61. The van der Waals surface area contributed by atoms with Crippen LogP contribution < -0.4 is 10.9 Å². The summed E-state index contributed by atoms with van der Waals surface area (Å²) in [6.45, 7) is -0.157. The smallest absolute Gasteiger partial charge is 0.254 e. The average molecular weight is 380 g/mol. The van der Waals surface area contributed by atoms with Crippen molar-refractivity contribution in [2.45, 2.75) is 6.54 Å². The van der Waals surface area contributed by atoms with Crippen LogP contribution in [-0.4, -0.2) is 15.5 Å². The van der Waals surface area contributed by atoms with Crippen LogP contribution in [0.25, 0.3) is 10.6 Å². The van der Waals surface area contributed by atoms with Crippen LogP contribution in [0.15, 0.2) is 52.9 Å². The Morgan fingerprint density at radius 2 is 2.08 bits per heavy atom. The predicted molar refractivity (Wildman–Crippen MR) is 96.9 cm³/mol. The van der Waals surface area contributed by atoms with Crippen molar-refractivity contribution < 1.29 is 4.79 Å². The largest absolute Gasteiger partial charge is 0.323 e. The molecule has 0 bridgehead atoms. The van der Waals surface area contributed by atoms with Gasteiger partial charge in [-0.1, -0.05) is 29.3 Å². The molecular formula is C16H11Cl2N3O2S. The molecule has 24 heavy (non-hydrogen) atoms. The molecule has 5 nitrogen and oxygen atoms in total. The molecule has 0 unspecified atom stereocenters. The SMILES string of the molecule is O=C(Cn1cnc(-c2cccs2)cc1=O)Nc1ccc(Cl)cc1Cl. The zero-order valence-corrected chi connectivity index (χ0v) is 14.5. The summed E-state index contributed by atoms with van der Waals surface area (Å²) in [4.78, 5) is 29.4. The van der Waals surface area contributed by atoms with Crippen molar-refractivity contribution in [2.24, 2.45) is 0 Å². The second-order valence-corrected chi connectivity index (χ2v) is 6.68. The molecule has 122 valence electrons. The molecule has 8 heteroatoms. The molecule has 2 aromatic heterocycles. The van der Waals surface area contributed by atoms with Crippen LogP contribution in [0.1, 0.15) is 0 Å². The number of aromatic nitrogens is 2. The van der Waals surface area contributed by atoms with Crippen LogP contribution in [0.5, 0.6) is 0 Å². The van der Waals surface area contributed by atoms with Gasteiger partial charge in [0, 0.05) is 11.1 Å². The molecule has 3 rings (SSSR count). The molecular weight excluding hydrogens is 369 g/mol. The lowest BCUT2D eigenvalue weighted by Crippen LogP contribution is -2.27. The molecule has 2 heterocycles. The van der Waals surface area contributed by atoms with Gasteiger partial charge in [0.1, 0.15) is 6.54 Å². The van der Waals surface area contributed by atoms with E-state index in [1.807, 2.05) is 17.5 Å². The summed E-state index contributed by atoms with van der Waals surface area (Å²) in [6.07, 6.45) is 1.36. The Balaban J connectivity index is 1.74.